The van der Waals surface area contributed by atoms with Crippen LogP contribution in [0, 0.1) is 7.40 Å². The van der Waals surface area contributed by atoms with Crippen molar-refractivity contribution in [3.63, 3.8) is 0 Å². The number of ether oxygens (including phenoxy) is 1. The van der Waals surface area contributed by atoms with Crippen molar-refractivity contribution < 1.29 is 4.74 Å². The van der Waals surface area contributed by atoms with Crippen LogP contribution >= 0.6 is 61.1 Å². The van der Waals surface area contributed by atoms with Gasteiger partial charge in [-0.2, -0.15) is 0 Å². The summed E-state index contributed by atoms with van der Waals surface area (Å²) in [5.41, 5.74) is 0. The van der Waals surface area contributed by atoms with Gasteiger partial charge < -0.3 is 9.64 Å². The molecule has 0 N–H and O–H groups in total. The first kappa shape index (κ1) is 12.2. The molecule has 15 heavy (non-hydrogen) atoms. The lowest BCUT2D eigenvalue weighted by Gasteiger charge is -2.27. The molecule has 82 valence electrons. The number of aromatic nitrogens is 2. The minimum Gasteiger partial charge on any atom is -0.378 e. The number of halogens is 3. The third kappa shape index (κ3) is 2.91. The minimum atomic E-state index is 0.757. The van der Waals surface area contributed by atoms with Gasteiger partial charge in [0.05, 0.1) is 17.7 Å². The number of rotatable bonds is 1. The zero-order chi connectivity index (χ0) is 10.8. The van der Waals surface area contributed by atoms with Crippen LogP contribution in [0.25, 0.3) is 0 Å². The van der Waals surface area contributed by atoms with Crippen LogP contribution in [-0.2, 0) is 4.74 Å². The van der Waals surface area contributed by atoms with Crippen molar-refractivity contribution in [3.8, 4) is 0 Å². The molecule has 7 heteroatoms. The molecule has 1 fully saturated rings. The Labute approximate surface area is 124 Å². The van der Waals surface area contributed by atoms with Crippen LogP contribution in [0.15, 0.2) is 4.47 Å². The number of nitrogens with zero attached hydrogens (tertiary/aromatic N) is 3. The van der Waals surface area contributed by atoms with E-state index in [9.17, 15) is 0 Å². The average Bonchev–Trinajstić information content (AvgIpc) is 2.26. The standard InChI is InChI=1S/C8H8BrI2N3O/c9-5-6(10)12-8(13-7(5)11)14-1-3-15-4-2-14/h1-4H2. The molecule has 1 aromatic rings. The second-order valence-electron chi connectivity index (χ2n) is 3.02. The van der Waals surface area contributed by atoms with E-state index < -0.39 is 0 Å². The topological polar surface area (TPSA) is 38.2 Å². The van der Waals surface area contributed by atoms with Gasteiger partial charge in [0.1, 0.15) is 7.40 Å². The van der Waals surface area contributed by atoms with Crippen molar-refractivity contribution in [1.29, 1.82) is 0 Å². The number of hydrogen-bond donors (Lipinski definition) is 0. The quantitative estimate of drug-likeness (QED) is 0.443. The molecule has 1 aromatic heterocycles. The Balaban J connectivity index is 2.27. The van der Waals surface area contributed by atoms with Crippen LogP contribution in [0.2, 0.25) is 0 Å². The molecule has 1 aliphatic rings. The van der Waals surface area contributed by atoms with Gasteiger partial charge in [0.2, 0.25) is 5.95 Å². The first-order valence-electron chi connectivity index (χ1n) is 4.39. The molecule has 0 saturated carbocycles. The van der Waals surface area contributed by atoms with Crippen molar-refractivity contribution in [1.82, 2.24) is 9.97 Å². The van der Waals surface area contributed by atoms with Crippen molar-refractivity contribution in [2.24, 2.45) is 0 Å². The lowest BCUT2D eigenvalue weighted by molar-refractivity contribution is 0.122. The monoisotopic (exact) mass is 495 g/mol. The summed E-state index contributed by atoms with van der Waals surface area (Å²) in [5, 5.41) is 0. The van der Waals surface area contributed by atoms with Gasteiger partial charge in [0, 0.05) is 13.1 Å². The fraction of sp³-hybridized carbons (Fsp3) is 0.500. The third-order valence-corrected chi connectivity index (χ3v) is 5.85. The molecule has 0 amide bonds. The summed E-state index contributed by atoms with van der Waals surface area (Å²) in [4.78, 5) is 11.1. The molecular formula is C8H8BrI2N3O. The van der Waals surface area contributed by atoms with Gasteiger partial charge in [0.15, 0.2) is 0 Å². The van der Waals surface area contributed by atoms with Crippen LogP contribution < -0.4 is 4.90 Å². The Morgan fingerprint density at radius 2 is 1.67 bits per heavy atom. The number of anilines is 1. The zero-order valence-corrected chi connectivity index (χ0v) is 13.6. The first-order chi connectivity index (χ1) is 7.18. The van der Waals surface area contributed by atoms with Gasteiger partial charge in [-0.3, -0.25) is 0 Å². The molecule has 2 heterocycles. The highest BCUT2D eigenvalue weighted by molar-refractivity contribution is 14.1. The molecule has 0 aromatic carbocycles. The summed E-state index contributed by atoms with van der Waals surface area (Å²) in [7, 11) is 0. The molecular weight excluding hydrogens is 488 g/mol. The molecule has 0 aliphatic carbocycles. The van der Waals surface area contributed by atoms with Gasteiger partial charge in [-0.25, -0.2) is 9.97 Å². The lowest BCUT2D eigenvalue weighted by Crippen LogP contribution is -2.37. The van der Waals surface area contributed by atoms with Gasteiger partial charge >= 0.3 is 0 Å². The van der Waals surface area contributed by atoms with Gasteiger partial charge in [-0.15, -0.1) is 0 Å². The second-order valence-corrected chi connectivity index (χ2v) is 5.86. The first-order valence-corrected chi connectivity index (χ1v) is 7.35. The van der Waals surface area contributed by atoms with E-state index in [4.69, 9.17) is 4.74 Å². The summed E-state index contributed by atoms with van der Waals surface area (Å²) < 4.78 is 8.17. The Kier molecular flexibility index (Phi) is 4.41. The maximum Gasteiger partial charge on any atom is 0.227 e. The van der Waals surface area contributed by atoms with E-state index in [2.05, 4.69) is 76.0 Å². The smallest absolute Gasteiger partial charge is 0.227 e. The van der Waals surface area contributed by atoms with E-state index in [0.29, 0.717) is 0 Å². The van der Waals surface area contributed by atoms with E-state index in [-0.39, 0.29) is 0 Å². The SMILES string of the molecule is Brc1c(I)nc(N2CCOCC2)nc1I. The van der Waals surface area contributed by atoms with Crippen molar-refractivity contribution in [2.75, 3.05) is 31.2 Å². The summed E-state index contributed by atoms with van der Waals surface area (Å²) in [5.74, 6) is 0.801. The molecule has 0 atom stereocenters. The molecule has 0 radical (unpaired) electrons. The maximum absolute atomic E-state index is 5.30. The zero-order valence-electron chi connectivity index (χ0n) is 7.71. The molecule has 2 rings (SSSR count). The third-order valence-electron chi connectivity index (χ3n) is 2.05. The molecule has 0 spiro atoms. The van der Waals surface area contributed by atoms with Crippen molar-refractivity contribution in [2.45, 2.75) is 0 Å². The fourth-order valence-electron chi connectivity index (χ4n) is 1.29. The van der Waals surface area contributed by atoms with Gasteiger partial charge in [0.25, 0.3) is 0 Å². The average molecular weight is 496 g/mol. The summed E-state index contributed by atoms with van der Waals surface area (Å²) >= 11 is 7.88. The molecule has 1 aliphatic heterocycles. The number of hydrogen-bond acceptors (Lipinski definition) is 4. The van der Waals surface area contributed by atoms with Crippen molar-refractivity contribution >= 4 is 67.1 Å². The van der Waals surface area contributed by atoms with E-state index in [0.717, 1.165) is 44.1 Å². The fourth-order valence-corrected chi connectivity index (χ4v) is 2.92. The minimum absolute atomic E-state index is 0.757. The Morgan fingerprint density at radius 3 is 2.20 bits per heavy atom. The highest BCUT2D eigenvalue weighted by atomic mass is 127. The Bertz CT molecular complexity index is 348. The van der Waals surface area contributed by atoms with E-state index in [1.807, 2.05) is 0 Å². The Hall–Kier alpha value is 0.780. The maximum atomic E-state index is 5.30. The molecule has 4 nitrogen and oxygen atoms in total. The predicted octanol–water partition coefficient (Wildman–Crippen LogP) is 2.28. The van der Waals surface area contributed by atoms with Gasteiger partial charge in [-0.1, -0.05) is 0 Å². The van der Waals surface area contributed by atoms with Crippen molar-refractivity contribution in [3.05, 3.63) is 11.9 Å². The highest BCUT2D eigenvalue weighted by Gasteiger charge is 2.16. The highest BCUT2D eigenvalue weighted by Crippen LogP contribution is 2.24. The van der Waals surface area contributed by atoms with Crippen LogP contribution in [0.4, 0.5) is 5.95 Å². The van der Waals surface area contributed by atoms with Crippen LogP contribution in [0.3, 0.4) is 0 Å². The Morgan fingerprint density at radius 1 is 1.13 bits per heavy atom. The van der Waals surface area contributed by atoms with Crippen LogP contribution in [0.1, 0.15) is 0 Å². The largest absolute Gasteiger partial charge is 0.378 e. The summed E-state index contributed by atoms with van der Waals surface area (Å²) in [6.45, 7) is 3.25. The van der Waals surface area contributed by atoms with Crippen LogP contribution in [0.5, 0.6) is 0 Å². The second kappa shape index (κ2) is 5.41. The molecule has 0 unspecified atom stereocenters. The lowest BCUT2D eigenvalue weighted by atomic mass is 10.4. The molecule has 0 bridgehead atoms. The predicted molar refractivity (Wildman–Crippen MR) is 78.2 cm³/mol. The molecule has 1 saturated heterocycles. The van der Waals surface area contributed by atoms with E-state index >= 15 is 0 Å². The van der Waals surface area contributed by atoms with E-state index in [1.165, 1.54) is 0 Å². The van der Waals surface area contributed by atoms with E-state index in [1.54, 1.807) is 0 Å². The van der Waals surface area contributed by atoms with Gasteiger partial charge in [-0.05, 0) is 61.1 Å². The summed E-state index contributed by atoms with van der Waals surface area (Å²) in [6.07, 6.45) is 0. The van der Waals surface area contributed by atoms with Crippen LogP contribution in [-0.4, -0.2) is 36.3 Å². The normalized spacial score (nSPS) is 16.9. The summed E-state index contributed by atoms with van der Waals surface area (Å²) in [6, 6.07) is 0. The number of morpholine rings is 1.